The van der Waals surface area contributed by atoms with Crippen molar-refractivity contribution < 1.29 is 19.1 Å². The summed E-state index contributed by atoms with van der Waals surface area (Å²) in [5, 5.41) is 8.32. The van der Waals surface area contributed by atoms with Gasteiger partial charge in [0.1, 0.15) is 0 Å². The summed E-state index contributed by atoms with van der Waals surface area (Å²) in [4.78, 5) is 22.6. The molecule has 0 amide bonds. The Morgan fingerprint density at radius 1 is 1.36 bits per heavy atom. The van der Waals surface area contributed by atoms with Crippen molar-refractivity contribution in [2.45, 2.75) is 32.5 Å². The van der Waals surface area contributed by atoms with Gasteiger partial charge in [0.05, 0.1) is 6.07 Å². The molecule has 0 saturated carbocycles. The Balaban J connectivity index is 2.67. The third-order valence-corrected chi connectivity index (χ3v) is 1.81. The van der Waals surface area contributed by atoms with Gasteiger partial charge in [-0.1, -0.05) is 0 Å². The van der Waals surface area contributed by atoms with E-state index < -0.39 is 23.6 Å². The topological polar surface area (TPSA) is 76.4 Å². The molecule has 0 aliphatic carbocycles. The highest BCUT2D eigenvalue weighted by Crippen LogP contribution is 2.25. The maximum atomic E-state index is 11.3. The van der Waals surface area contributed by atoms with Crippen LogP contribution in [0.15, 0.2) is 0 Å². The van der Waals surface area contributed by atoms with Crippen molar-refractivity contribution in [1.82, 2.24) is 0 Å². The van der Waals surface area contributed by atoms with E-state index in [1.807, 2.05) is 6.07 Å². The van der Waals surface area contributed by atoms with Crippen molar-refractivity contribution >= 4 is 11.9 Å². The largest absolute Gasteiger partial charge is 0.422 e. The Bertz CT molecular complexity index is 282. The first-order valence-electron chi connectivity index (χ1n) is 4.29. The lowest BCUT2D eigenvalue weighted by molar-refractivity contribution is -0.240. The molecule has 0 aromatic rings. The first-order chi connectivity index (χ1) is 6.46. The second-order valence-electron chi connectivity index (χ2n) is 3.49. The lowest BCUT2D eigenvalue weighted by atomic mass is 10.0. The van der Waals surface area contributed by atoms with Gasteiger partial charge in [0.15, 0.2) is 5.92 Å². The fourth-order valence-corrected chi connectivity index (χ4v) is 1.19. The van der Waals surface area contributed by atoms with Gasteiger partial charge in [-0.15, -0.1) is 0 Å². The third-order valence-electron chi connectivity index (χ3n) is 1.81. The van der Waals surface area contributed by atoms with Gasteiger partial charge in [-0.25, -0.2) is 0 Å². The normalized spacial score (nSPS) is 20.9. The van der Waals surface area contributed by atoms with Crippen molar-refractivity contribution in [1.29, 1.82) is 5.26 Å². The van der Waals surface area contributed by atoms with E-state index in [4.69, 9.17) is 14.7 Å². The Kier molecular flexibility index (Phi) is 2.75. The molecule has 14 heavy (non-hydrogen) atoms. The van der Waals surface area contributed by atoms with E-state index >= 15 is 0 Å². The zero-order chi connectivity index (χ0) is 10.8. The summed E-state index contributed by atoms with van der Waals surface area (Å²) < 4.78 is 9.72. The van der Waals surface area contributed by atoms with Crippen LogP contribution in [0.4, 0.5) is 0 Å². The molecule has 1 heterocycles. The predicted molar refractivity (Wildman–Crippen MR) is 44.6 cm³/mol. The maximum Gasteiger partial charge on any atom is 0.323 e. The van der Waals surface area contributed by atoms with E-state index in [1.165, 1.54) is 13.8 Å². The van der Waals surface area contributed by atoms with Gasteiger partial charge < -0.3 is 9.47 Å². The zero-order valence-electron chi connectivity index (χ0n) is 8.07. The van der Waals surface area contributed by atoms with Gasteiger partial charge >= 0.3 is 11.9 Å². The Morgan fingerprint density at radius 2 is 1.86 bits per heavy atom. The van der Waals surface area contributed by atoms with Crippen LogP contribution in [0.3, 0.4) is 0 Å². The Labute approximate surface area is 81.6 Å². The second kappa shape index (κ2) is 3.66. The minimum atomic E-state index is -1.18. The maximum absolute atomic E-state index is 11.3. The van der Waals surface area contributed by atoms with Gasteiger partial charge in [0.2, 0.25) is 0 Å². The number of carbonyl (C=O) groups is 2. The van der Waals surface area contributed by atoms with Crippen molar-refractivity contribution in [3.63, 3.8) is 0 Å². The molecule has 5 nitrogen and oxygen atoms in total. The molecule has 1 aliphatic rings. The highest BCUT2D eigenvalue weighted by Gasteiger charge is 2.42. The number of esters is 2. The number of hydrogen-bond acceptors (Lipinski definition) is 5. The highest BCUT2D eigenvalue weighted by molar-refractivity contribution is 5.96. The molecule has 0 unspecified atom stereocenters. The fourth-order valence-electron chi connectivity index (χ4n) is 1.19. The zero-order valence-corrected chi connectivity index (χ0v) is 8.07. The number of hydrogen-bond donors (Lipinski definition) is 0. The lowest BCUT2D eigenvalue weighted by Gasteiger charge is -2.32. The van der Waals surface area contributed by atoms with Crippen LogP contribution < -0.4 is 0 Å². The molecular formula is C9H11NO4. The summed E-state index contributed by atoms with van der Waals surface area (Å²) in [5.41, 5.74) is 0. The minimum Gasteiger partial charge on any atom is -0.422 e. The number of carbonyl (C=O) groups excluding carboxylic acids is 2. The van der Waals surface area contributed by atoms with Crippen LogP contribution in [0.5, 0.6) is 0 Å². The number of ether oxygens (including phenoxy) is 2. The molecule has 0 aromatic carbocycles. The van der Waals surface area contributed by atoms with Crippen LogP contribution in [0.25, 0.3) is 0 Å². The molecule has 0 atom stereocenters. The molecule has 76 valence electrons. The van der Waals surface area contributed by atoms with E-state index in [-0.39, 0.29) is 12.8 Å². The van der Waals surface area contributed by atoms with Gasteiger partial charge in [0, 0.05) is 20.3 Å². The summed E-state index contributed by atoms with van der Waals surface area (Å²) in [5.74, 6) is -3.34. The average molecular weight is 197 g/mol. The van der Waals surface area contributed by atoms with E-state index in [1.54, 1.807) is 0 Å². The molecule has 0 radical (unpaired) electrons. The molecular weight excluding hydrogens is 186 g/mol. The van der Waals surface area contributed by atoms with Crippen LogP contribution in [0, 0.1) is 17.2 Å². The molecule has 0 aromatic heterocycles. The average Bonchev–Trinajstić information content (AvgIpc) is 2.00. The van der Waals surface area contributed by atoms with Crippen LogP contribution in [-0.2, 0) is 19.1 Å². The summed E-state index contributed by atoms with van der Waals surface area (Å²) in [7, 11) is 0. The quantitative estimate of drug-likeness (QED) is 0.482. The Morgan fingerprint density at radius 3 is 2.29 bits per heavy atom. The first-order valence-corrected chi connectivity index (χ1v) is 4.29. The van der Waals surface area contributed by atoms with Gasteiger partial charge in [0.25, 0.3) is 5.79 Å². The van der Waals surface area contributed by atoms with Crippen molar-refractivity contribution in [2.24, 2.45) is 5.92 Å². The standard InChI is InChI=1S/C9H11NO4/c1-9(2)13-7(11)6(4-3-5-10)8(12)14-9/h6H,3-4H2,1-2H3. The first kappa shape index (κ1) is 10.5. The summed E-state index contributed by atoms with van der Waals surface area (Å²) >= 11 is 0. The number of cyclic esters (lactones) is 2. The third kappa shape index (κ3) is 2.22. The number of rotatable bonds is 2. The molecule has 1 aliphatic heterocycles. The molecule has 1 saturated heterocycles. The molecule has 0 bridgehead atoms. The van der Waals surface area contributed by atoms with Crippen LogP contribution in [0.1, 0.15) is 26.7 Å². The van der Waals surface area contributed by atoms with Crippen LogP contribution >= 0.6 is 0 Å². The summed E-state index contributed by atoms with van der Waals surface area (Å²) in [6.45, 7) is 2.98. The lowest BCUT2D eigenvalue weighted by Crippen LogP contribution is -2.46. The smallest absolute Gasteiger partial charge is 0.323 e. The highest BCUT2D eigenvalue weighted by atomic mass is 16.7. The summed E-state index contributed by atoms with van der Waals surface area (Å²) in [6, 6.07) is 1.86. The van der Waals surface area contributed by atoms with Crippen LogP contribution in [-0.4, -0.2) is 17.7 Å². The van der Waals surface area contributed by atoms with Gasteiger partial charge in [-0.05, 0) is 6.42 Å². The SMILES string of the molecule is CC1(C)OC(=O)C(CCC#N)C(=O)O1. The molecule has 5 heteroatoms. The fraction of sp³-hybridized carbons (Fsp3) is 0.667. The van der Waals surface area contributed by atoms with E-state index in [0.717, 1.165) is 0 Å². The molecule has 1 rings (SSSR count). The van der Waals surface area contributed by atoms with Crippen molar-refractivity contribution in [2.75, 3.05) is 0 Å². The number of nitriles is 1. The second-order valence-corrected chi connectivity index (χ2v) is 3.49. The Hall–Kier alpha value is -1.57. The molecule has 0 spiro atoms. The van der Waals surface area contributed by atoms with E-state index in [2.05, 4.69) is 0 Å². The predicted octanol–water partition coefficient (Wildman–Crippen LogP) is 0.742. The van der Waals surface area contributed by atoms with Crippen LogP contribution in [0.2, 0.25) is 0 Å². The van der Waals surface area contributed by atoms with E-state index in [0.29, 0.717) is 0 Å². The summed E-state index contributed by atoms with van der Waals surface area (Å²) in [6.07, 6.45) is 0.291. The van der Waals surface area contributed by atoms with Gasteiger partial charge in [-0.2, -0.15) is 5.26 Å². The van der Waals surface area contributed by atoms with E-state index in [9.17, 15) is 9.59 Å². The molecule has 1 fully saturated rings. The minimum absolute atomic E-state index is 0.134. The number of nitrogens with zero attached hydrogens (tertiary/aromatic N) is 1. The van der Waals surface area contributed by atoms with Crippen molar-refractivity contribution in [3.8, 4) is 6.07 Å². The van der Waals surface area contributed by atoms with Gasteiger partial charge in [-0.3, -0.25) is 9.59 Å². The molecule has 0 N–H and O–H groups in total. The van der Waals surface area contributed by atoms with Crippen molar-refractivity contribution in [3.05, 3.63) is 0 Å². The monoisotopic (exact) mass is 197 g/mol.